The van der Waals surface area contributed by atoms with Crippen LogP contribution in [0.2, 0.25) is 0 Å². The third-order valence-corrected chi connectivity index (χ3v) is 5.83. The molecule has 5 aromatic heterocycles. The van der Waals surface area contributed by atoms with Gasteiger partial charge in [-0.3, -0.25) is 15.0 Å². The zero-order chi connectivity index (χ0) is 20.2. The van der Waals surface area contributed by atoms with Crippen LogP contribution in [0.1, 0.15) is 28.6 Å². The SMILES string of the molecule is Cn1c(C(=O)N2CCC2c2ccc3cn[nH]c3n2)cc2ccc(-c3cn[nH]c3)nc21. The summed E-state index contributed by atoms with van der Waals surface area (Å²) >= 11 is 0. The van der Waals surface area contributed by atoms with Gasteiger partial charge in [0.25, 0.3) is 5.91 Å². The maximum absolute atomic E-state index is 13.3. The van der Waals surface area contributed by atoms with Gasteiger partial charge in [0.2, 0.25) is 0 Å². The zero-order valence-corrected chi connectivity index (χ0v) is 16.2. The summed E-state index contributed by atoms with van der Waals surface area (Å²) in [6.07, 6.45) is 6.18. The summed E-state index contributed by atoms with van der Waals surface area (Å²) in [5, 5.41) is 15.6. The highest BCUT2D eigenvalue weighted by atomic mass is 16.2. The first-order valence-corrected chi connectivity index (χ1v) is 9.75. The number of carbonyl (C=O) groups excluding carboxylic acids is 1. The normalized spacial score (nSPS) is 16.3. The number of nitrogens with zero attached hydrogens (tertiary/aromatic N) is 6. The second-order valence-electron chi connectivity index (χ2n) is 7.53. The van der Waals surface area contributed by atoms with Gasteiger partial charge in [-0.25, -0.2) is 9.97 Å². The lowest BCUT2D eigenvalue weighted by molar-refractivity contribution is 0.0442. The molecule has 1 fully saturated rings. The van der Waals surface area contributed by atoms with Crippen LogP contribution >= 0.6 is 0 Å². The largest absolute Gasteiger partial charge is 0.329 e. The van der Waals surface area contributed by atoms with Crippen molar-refractivity contribution in [1.82, 2.24) is 39.8 Å². The highest BCUT2D eigenvalue weighted by Crippen LogP contribution is 2.35. The number of H-pyrrole nitrogens is 2. The molecular formula is C21H18N8O. The van der Waals surface area contributed by atoms with E-state index in [1.54, 1.807) is 18.6 Å². The third kappa shape index (κ3) is 2.45. The van der Waals surface area contributed by atoms with Crippen molar-refractivity contribution in [3.8, 4) is 11.3 Å². The minimum Gasteiger partial charge on any atom is -0.329 e. The summed E-state index contributed by atoms with van der Waals surface area (Å²) in [7, 11) is 1.88. The molecule has 30 heavy (non-hydrogen) atoms. The molecule has 9 nitrogen and oxygen atoms in total. The first-order valence-electron chi connectivity index (χ1n) is 9.75. The summed E-state index contributed by atoms with van der Waals surface area (Å²) < 4.78 is 1.86. The van der Waals surface area contributed by atoms with E-state index in [1.807, 2.05) is 46.8 Å². The summed E-state index contributed by atoms with van der Waals surface area (Å²) in [5.74, 6) is -0.0110. The van der Waals surface area contributed by atoms with Gasteiger partial charge in [0.15, 0.2) is 5.65 Å². The number of aromatic nitrogens is 7. The lowest BCUT2D eigenvalue weighted by Gasteiger charge is -2.40. The number of fused-ring (bicyclic) bond motifs is 2. The molecule has 1 amide bonds. The summed E-state index contributed by atoms with van der Waals surface area (Å²) in [5.41, 5.74) is 4.74. The molecule has 2 N–H and O–H groups in total. The highest BCUT2D eigenvalue weighted by Gasteiger charge is 2.36. The van der Waals surface area contributed by atoms with Crippen molar-refractivity contribution in [2.24, 2.45) is 7.05 Å². The molecule has 1 aliphatic heterocycles. The Kier molecular flexibility index (Phi) is 3.52. The lowest BCUT2D eigenvalue weighted by atomic mass is 9.98. The molecule has 0 bridgehead atoms. The van der Waals surface area contributed by atoms with Crippen LogP contribution in [0.3, 0.4) is 0 Å². The molecule has 5 aromatic rings. The van der Waals surface area contributed by atoms with Crippen molar-refractivity contribution in [2.45, 2.75) is 12.5 Å². The van der Waals surface area contributed by atoms with E-state index in [4.69, 9.17) is 4.98 Å². The second-order valence-corrected chi connectivity index (χ2v) is 7.53. The Morgan fingerprint density at radius 2 is 2.00 bits per heavy atom. The van der Waals surface area contributed by atoms with E-state index in [2.05, 4.69) is 25.4 Å². The standard InChI is InChI=1S/C21H18N8O/c1-28-18(8-12-2-4-15(26-20(12)28)14-10-22-23-11-14)21(30)29-7-6-17(29)16-5-3-13-9-24-27-19(13)25-16/h2-5,8-11,17H,6-7H2,1H3,(H,22,23)(H,24,25,27). The van der Waals surface area contributed by atoms with Crippen molar-refractivity contribution in [3.63, 3.8) is 0 Å². The van der Waals surface area contributed by atoms with Crippen LogP contribution in [-0.4, -0.2) is 52.3 Å². The fourth-order valence-corrected chi connectivity index (χ4v) is 4.07. The molecule has 9 heteroatoms. The van der Waals surface area contributed by atoms with Crippen molar-refractivity contribution >= 4 is 28.0 Å². The van der Waals surface area contributed by atoms with Crippen molar-refractivity contribution in [2.75, 3.05) is 6.54 Å². The Hall–Kier alpha value is -4.01. The molecule has 6 rings (SSSR count). The predicted molar refractivity (Wildman–Crippen MR) is 111 cm³/mol. The first-order chi connectivity index (χ1) is 14.7. The van der Waals surface area contributed by atoms with Gasteiger partial charge in [-0.05, 0) is 36.8 Å². The Morgan fingerprint density at radius 1 is 1.10 bits per heavy atom. The third-order valence-electron chi connectivity index (χ3n) is 5.83. The molecule has 1 saturated heterocycles. The number of rotatable bonds is 3. The van der Waals surface area contributed by atoms with Gasteiger partial charge < -0.3 is 9.47 Å². The average molecular weight is 398 g/mol. The van der Waals surface area contributed by atoms with E-state index in [0.29, 0.717) is 12.2 Å². The Labute approximate surface area is 170 Å². The fourth-order valence-electron chi connectivity index (χ4n) is 4.07. The minimum atomic E-state index is -0.0299. The molecule has 1 aliphatic rings. The van der Waals surface area contributed by atoms with Gasteiger partial charge in [0, 0.05) is 36.1 Å². The van der Waals surface area contributed by atoms with Crippen LogP contribution in [0.25, 0.3) is 33.3 Å². The average Bonchev–Trinajstić information content (AvgIpc) is 3.47. The van der Waals surface area contributed by atoms with Gasteiger partial charge in [-0.2, -0.15) is 10.2 Å². The number of likely N-dealkylation sites (tertiary alicyclic amines) is 1. The summed E-state index contributed by atoms with van der Waals surface area (Å²) in [6.45, 7) is 0.710. The van der Waals surface area contributed by atoms with Crippen LogP contribution in [-0.2, 0) is 7.05 Å². The predicted octanol–water partition coefficient (Wildman–Crippen LogP) is 2.82. The van der Waals surface area contributed by atoms with Gasteiger partial charge >= 0.3 is 0 Å². The maximum Gasteiger partial charge on any atom is 0.271 e. The summed E-state index contributed by atoms with van der Waals surface area (Å²) in [4.78, 5) is 24.6. The number of nitrogens with one attached hydrogen (secondary N) is 2. The molecule has 0 saturated carbocycles. The van der Waals surface area contributed by atoms with Crippen molar-refractivity contribution in [3.05, 3.63) is 60.3 Å². The van der Waals surface area contributed by atoms with Gasteiger partial charge in [0.05, 0.1) is 29.8 Å². The Balaban J connectivity index is 1.34. The first kappa shape index (κ1) is 16.9. The Bertz CT molecular complexity index is 1400. The van der Waals surface area contributed by atoms with E-state index < -0.39 is 0 Å². The van der Waals surface area contributed by atoms with Crippen molar-refractivity contribution < 1.29 is 4.79 Å². The smallest absolute Gasteiger partial charge is 0.271 e. The van der Waals surface area contributed by atoms with Crippen LogP contribution in [0, 0.1) is 0 Å². The van der Waals surface area contributed by atoms with E-state index in [9.17, 15) is 4.79 Å². The number of hydrogen-bond donors (Lipinski definition) is 2. The van der Waals surface area contributed by atoms with Gasteiger partial charge in [0.1, 0.15) is 11.3 Å². The van der Waals surface area contributed by atoms with E-state index >= 15 is 0 Å². The molecule has 0 aromatic carbocycles. The highest BCUT2D eigenvalue weighted by molar-refractivity contribution is 5.98. The fraction of sp³-hybridized carbons (Fsp3) is 0.190. The van der Waals surface area contributed by atoms with Crippen LogP contribution in [0.5, 0.6) is 0 Å². The topological polar surface area (TPSA) is 108 Å². The second kappa shape index (κ2) is 6.24. The lowest BCUT2D eigenvalue weighted by Crippen LogP contribution is -2.46. The number of pyridine rings is 2. The quantitative estimate of drug-likeness (QED) is 0.486. The number of aromatic amines is 2. The monoisotopic (exact) mass is 398 g/mol. The molecule has 1 unspecified atom stereocenters. The molecule has 0 aliphatic carbocycles. The molecule has 0 spiro atoms. The van der Waals surface area contributed by atoms with E-state index in [-0.39, 0.29) is 11.9 Å². The molecule has 6 heterocycles. The maximum atomic E-state index is 13.3. The van der Waals surface area contributed by atoms with Gasteiger partial charge in [-0.15, -0.1) is 0 Å². The van der Waals surface area contributed by atoms with Crippen molar-refractivity contribution in [1.29, 1.82) is 0 Å². The van der Waals surface area contributed by atoms with Crippen LogP contribution < -0.4 is 0 Å². The molecular weight excluding hydrogens is 380 g/mol. The number of amides is 1. The van der Waals surface area contributed by atoms with Crippen LogP contribution in [0.4, 0.5) is 0 Å². The van der Waals surface area contributed by atoms with Crippen LogP contribution in [0.15, 0.2) is 48.9 Å². The molecule has 1 atom stereocenters. The number of aryl methyl sites for hydroxylation is 1. The van der Waals surface area contributed by atoms with E-state index in [1.165, 1.54) is 0 Å². The zero-order valence-electron chi connectivity index (χ0n) is 16.2. The number of carbonyl (C=O) groups is 1. The molecule has 148 valence electrons. The Morgan fingerprint density at radius 3 is 2.80 bits per heavy atom. The summed E-state index contributed by atoms with van der Waals surface area (Å²) in [6, 6.07) is 9.77. The van der Waals surface area contributed by atoms with Gasteiger partial charge in [-0.1, -0.05) is 0 Å². The van der Waals surface area contributed by atoms with E-state index in [0.717, 1.165) is 45.4 Å². The molecule has 0 radical (unpaired) electrons. The number of hydrogen-bond acceptors (Lipinski definition) is 5. The minimum absolute atomic E-state index is 0.0110.